The zero-order chi connectivity index (χ0) is 98.8. The molecule has 0 aromatic heterocycles. The second kappa shape index (κ2) is 47.4. The SMILES string of the molecule is OCCOCCOc1ccc(C2(c3ccc(OCCO)cc3)c3ccccc3-c3ccccc32)cc1.OCCOc1ccc(C2(c3ccc(OCCO)cc3)c3ccccc3-c3ccccc32)cc1.OCCOc1ccc(C2(c3ccc(OCCOCCOc4ccccc4)cc3)c3ccccc3-c3ccccc32)cc1.OCCOc1ccc(C2(c3ccccc3OCCO)c3ccccc3-c3ccccc32)cc1. The van der Waals surface area contributed by atoms with Gasteiger partial charge in [-0.3, -0.25) is 0 Å². The zero-order valence-electron chi connectivity index (χ0n) is 80.1. The fourth-order valence-corrected chi connectivity index (χ4v) is 21.0. The van der Waals surface area contributed by atoms with Gasteiger partial charge in [0.15, 0.2) is 0 Å². The van der Waals surface area contributed by atoms with E-state index in [1.165, 1.54) is 89.0 Å². The van der Waals surface area contributed by atoms with Gasteiger partial charge in [0.25, 0.3) is 0 Å². The van der Waals surface area contributed by atoms with Crippen LogP contribution in [0.25, 0.3) is 44.5 Å². The molecule has 0 radical (unpaired) electrons. The molecule has 0 saturated carbocycles. The first-order valence-corrected chi connectivity index (χ1v) is 48.9. The standard InChI is InChI=1S/C37H34O5.C31H30O5.2C29H26O4/c38-22-23-40-31-18-14-28(15-19-31)37(35-12-6-4-10-33(35)34-11-5-7-13-36(34)37)29-16-20-32(21-17-29)42-27-25-39-24-26-41-30-8-2-1-3-9-30;32-17-19-34-21-22-36-26-15-11-24(12-16-26)31(23-9-13-25(14-10-23)35-20-18-33)29-7-3-1-5-27(29)28-6-2-4-8-30(28)31;30-17-19-32-22-15-13-21(14-16-22)29(27-11-5-6-12-28(27)33-20-18-31)25-9-3-1-7-23(25)24-8-2-4-10-26(24)29;30-17-19-32-23-13-9-21(10-14-23)29(22-11-15-24(16-12-22)33-20-18-31)27-7-3-1-5-25(27)26-6-2-4-8-28(26)29/h1-21,38H,22-27H2;1-16,32-33H,17-22H2;2*1-16,30-31H,17-20H2. The highest BCUT2D eigenvalue weighted by Crippen LogP contribution is 2.62. The van der Waals surface area contributed by atoms with Gasteiger partial charge in [-0.15, -0.1) is 0 Å². The fraction of sp³-hybridized carbons (Fsp3) is 0.190. The molecule has 0 unspecified atom stereocenters. The molecule has 21 rings (SSSR count). The van der Waals surface area contributed by atoms with Gasteiger partial charge in [-0.2, -0.15) is 0 Å². The Morgan fingerprint density at radius 2 is 0.299 bits per heavy atom. The third-order valence-corrected chi connectivity index (χ3v) is 26.7. The van der Waals surface area contributed by atoms with E-state index in [4.69, 9.17) is 77.6 Å². The summed E-state index contributed by atoms with van der Waals surface area (Å²) in [5.74, 6) is 6.80. The highest BCUT2D eigenvalue weighted by Gasteiger charge is 2.51. The van der Waals surface area contributed by atoms with Gasteiger partial charge in [0.05, 0.1) is 94.3 Å². The third kappa shape index (κ3) is 20.2. The highest BCUT2D eigenvalue weighted by atomic mass is 16.5. The topological polar surface area (TPSA) is 243 Å². The lowest BCUT2D eigenvalue weighted by Gasteiger charge is -2.35. The van der Waals surface area contributed by atoms with Crippen LogP contribution in [0.4, 0.5) is 0 Å². The van der Waals surface area contributed by atoms with E-state index in [-0.39, 0.29) is 85.9 Å². The Kier molecular flexibility index (Phi) is 32.5. The summed E-state index contributed by atoms with van der Waals surface area (Å²) >= 11 is 0. The molecule has 7 N–H and O–H groups in total. The second-order valence-electron chi connectivity index (χ2n) is 34.8. The van der Waals surface area contributed by atoms with Gasteiger partial charge in [-0.25, -0.2) is 0 Å². The zero-order valence-corrected chi connectivity index (χ0v) is 80.1. The second-order valence-corrected chi connectivity index (χ2v) is 34.8. The number of fused-ring (bicyclic) bond motifs is 12. The fourth-order valence-electron chi connectivity index (χ4n) is 21.0. The van der Waals surface area contributed by atoms with Crippen LogP contribution in [0.2, 0.25) is 0 Å². The number of para-hydroxylation sites is 2. The Labute approximate surface area is 840 Å². The molecule has 728 valence electrons. The van der Waals surface area contributed by atoms with E-state index in [0.717, 1.165) is 90.5 Å². The van der Waals surface area contributed by atoms with Crippen LogP contribution < -0.4 is 42.6 Å². The van der Waals surface area contributed by atoms with E-state index in [1.807, 2.05) is 133 Å². The molecule has 4 aliphatic carbocycles. The van der Waals surface area contributed by atoms with Gasteiger partial charge in [0, 0.05) is 5.56 Å². The van der Waals surface area contributed by atoms with Crippen molar-refractivity contribution < 1.29 is 87.9 Å². The van der Waals surface area contributed by atoms with E-state index in [9.17, 15) is 10.2 Å². The molecule has 4 aliphatic rings. The largest absolute Gasteiger partial charge is 0.491 e. The first-order valence-electron chi connectivity index (χ1n) is 48.9. The Balaban J connectivity index is 0.000000127. The van der Waals surface area contributed by atoms with Crippen molar-refractivity contribution >= 4 is 0 Å². The van der Waals surface area contributed by atoms with Crippen LogP contribution >= 0.6 is 0 Å². The van der Waals surface area contributed by atoms with Crippen molar-refractivity contribution in [2.75, 3.05) is 132 Å². The lowest BCUT2D eigenvalue weighted by Crippen LogP contribution is -2.29. The smallest absolute Gasteiger partial charge is 0.124 e. The summed E-state index contributed by atoms with van der Waals surface area (Å²) in [7, 11) is 0. The molecule has 0 saturated heterocycles. The maximum atomic E-state index is 9.43. The average molecular weight is 1920 g/mol. The van der Waals surface area contributed by atoms with E-state index in [1.54, 1.807) is 0 Å². The number of benzene rings is 17. The molecule has 144 heavy (non-hydrogen) atoms. The molecule has 0 heterocycles. The summed E-state index contributed by atoms with van der Waals surface area (Å²) in [5, 5.41) is 63.9. The molecule has 0 aliphatic heterocycles. The number of aliphatic hydroxyl groups excluding tert-OH is 7. The van der Waals surface area contributed by atoms with Crippen molar-refractivity contribution in [2.24, 2.45) is 0 Å². The molecule has 18 heteroatoms. The van der Waals surface area contributed by atoms with Crippen molar-refractivity contribution in [3.63, 3.8) is 0 Å². The summed E-state index contributed by atoms with van der Waals surface area (Å²) < 4.78 is 62.8. The van der Waals surface area contributed by atoms with Gasteiger partial charge in [-0.1, -0.05) is 315 Å². The van der Waals surface area contributed by atoms with E-state index >= 15 is 0 Å². The number of rotatable bonds is 40. The minimum Gasteiger partial charge on any atom is -0.491 e. The Hall–Kier alpha value is -15.4. The Morgan fingerprint density at radius 1 is 0.132 bits per heavy atom. The van der Waals surface area contributed by atoms with E-state index < -0.39 is 21.7 Å². The van der Waals surface area contributed by atoms with Crippen molar-refractivity contribution in [1.82, 2.24) is 0 Å². The summed E-state index contributed by atoms with van der Waals surface area (Å²) in [6, 6.07) is 144. The monoisotopic (exact) mass is 1920 g/mol. The predicted molar refractivity (Wildman–Crippen MR) is 562 cm³/mol. The molecule has 17 aromatic carbocycles. The molecule has 0 amide bonds. The third-order valence-electron chi connectivity index (χ3n) is 26.7. The first kappa shape index (κ1) is 98.7. The van der Waals surface area contributed by atoms with Crippen LogP contribution in [0, 0.1) is 0 Å². The van der Waals surface area contributed by atoms with Crippen LogP contribution in [-0.4, -0.2) is 168 Å². The van der Waals surface area contributed by atoms with Crippen molar-refractivity contribution in [2.45, 2.75) is 21.7 Å². The first-order chi connectivity index (χ1) is 71.2. The molecule has 0 spiro atoms. The van der Waals surface area contributed by atoms with E-state index in [0.29, 0.717) is 52.0 Å². The molecular formula is C126H116O18. The highest BCUT2D eigenvalue weighted by molar-refractivity contribution is 5.91. The maximum absolute atomic E-state index is 9.43. The van der Waals surface area contributed by atoms with Gasteiger partial charge >= 0.3 is 0 Å². The average Bonchev–Trinajstić information content (AvgIpc) is 1.53. The quantitative estimate of drug-likeness (QED) is 0.0177. The molecular weight excluding hydrogens is 1800 g/mol. The van der Waals surface area contributed by atoms with Gasteiger partial charge in [0.1, 0.15) is 111 Å². The molecule has 0 bridgehead atoms. The lowest BCUT2D eigenvalue weighted by atomic mass is 9.67. The van der Waals surface area contributed by atoms with E-state index in [2.05, 4.69) is 285 Å². The van der Waals surface area contributed by atoms with Crippen molar-refractivity contribution in [3.8, 4) is 96.3 Å². The minimum absolute atomic E-state index is 0.00820. The molecule has 0 atom stereocenters. The number of hydrogen-bond donors (Lipinski definition) is 7. The summed E-state index contributed by atoms with van der Waals surface area (Å²) in [6.07, 6.45) is 0. The summed E-state index contributed by atoms with van der Waals surface area (Å²) in [5.41, 5.74) is 26.5. The number of ether oxygens (including phenoxy) is 11. The number of aliphatic hydroxyl groups is 7. The normalized spacial score (nSPS) is 13.1. The van der Waals surface area contributed by atoms with Crippen molar-refractivity contribution in [3.05, 3.63) is 508 Å². The van der Waals surface area contributed by atoms with Crippen LogP contribution in [0.15, 0.2) is 419 Å². The summed E-state index contributed by atoms with van der Waals surface area (Å²) in [4.78, 5) is 0. The van der Waals surface area contributed by atoms with Crippen LogP contribution in [0.3, 0.4) is 0 Å². The maximum Gasteiger partial charge on any atom is 0.124 e. The van der Waals surface area contributed by atoms with Crippen LogP contribution in [0.5, 0.6) is 51.7 Å². The summed E-state index contributed by atoms with van der Waals surface area (Å²) in [6.45, 7) is 4.52. The van der Waals surface area contributed by atoms with Gasteiger partial charge in [0.2, 0.25) is 0 Å². The van der Waals surface area contributed by atoms with Crippen LogP contribution in [0.1, 0.15) is 89.0 Å². The van der Waals surface area contributed by atoms with Gasteiger partial charge in [-0.05, 0) is 231 Å². The predicted octanol–water partition coefficient (Wildman–Crippen LogP) is 21.3. The lowest BCUT2D eigenvalue weighted by molar-refractivity contribution is 0.0705. The van der Waals surface area contributed by atoms with Crippen LogP contribution in [-0.2, 0) is 31.1 Å². The Bertz CT molecular complexity index is 6780. The Morgan fingerprint density at radius 3 is 0.528 bits per heavy atom. The van der Waals surface area contributed by atoms with Crippen molar-refractivity contribution in [1.29, 1.82) is 0 Å². The molecule has 17 aromatic rings. The number of hydrogen-bond acceptors (Lipinski definition) is 18. The van der Waals surface area contributed by atoms with Gasteiger partial charge < -0.3 is 87.9 Å². The minimum atomic E-state index is -0.589. The molecule has 0 fully saturated rings. The molecule has 18 nitrogen and oxygen atoms in total.